The maximum Gasteiger partial charge on any atom is 0.193 e. The highest BCUT2D eigenvalue weighted by atomic mass is 32.2. The molecular weight excluding hydrogens is 312 g/mol. The minimum absolute atomic E-state index is 0.737. The Bertz CT molecular complexity index is 498. The van der Waals surface area contributed by atoms with Crippen LogP contribution in [-0.2, 0) is 12.8 Å². The predicted octanol–water partition coefficient (Wildman–Crippen LogP) is 2.96. The number of hydrogen-bond donors (Lipinski definition) is 1. The van der Waals surface area contributed by atoms with Crippen LogP contribution in [0.4, 0.5) is 0 Å². The number of aryl methyl sites for hydroxylation is 2. The molecule has 1 aromatic rings. The number of aromatic nitrogens is 1. The lowest BCUT2D eigenvalue weighted by atomic mass is 10.3. The first-order valence-electron chi connectivity index (χ1n) is 8.20. The maximum absolute atomic E-state index is 4.71. The fraction of sp³-hybridized carbons (Fsp3) is 0.750. The van der Waals surface area contributed by atoms with E-state index < -0.39 is 0 Å². The van der Waals surface area contributed by atoms with E-state index in [4.69, 9.17) is 4.98 Å². The number of hydrogen-bond acceptors (Lipinski definition) is 4. The smallest absolute Gasteiger partial charge is 0.193 e. The molecule has 0 radical (unpaired) electrons. The number of thioether (sulfide) groups is 1. The highest BCUT2D eigenvalue weighted by Crippen LogP contribution is 2.21. The van der Waals surface area contributed by atoms with E-state index in [-0.39, 0.29) is 0 Å². The molecule has 0 spiro atoms. The van der Waals surface area contributed by atoms with E-state index in [0.717, 1.165) is 43.7 Å². The van der Waals surface area contributed by atoms with Crippen LogP contribution in [0.3, 0.4) is 0 Å². The van der Waals surface area contributed by atoms with Crippen LogP contribution in [0.1, 0.15) is 35.8 Å². The van der Waals surface area contributed by atoms with Crippen LogP contribution in [0.5, 0.6) is 0 Å². The molecule has 0 bridgehead atoms. The number of rotatable bonds is 5. The Morgan fingerprint density at radius 1 is 1.45 bits per heavy atom. The largest absolute Gasteiger partial charge is 0.356 e. The second-order valence-corrected chi connectivity index (χ2v) is 8.23. The molecule has 0 amide bonds. The molecule has 1 atom stereocenters. The average molecular weight is 341 g/mol. The van der Waals surface area contributed by atoms with Crippen molar-refractivity contribution < 1.29 is 0 Å². The topological polar surface area (TPSA) is 40.5 Å². The predicted molar refractivity (Wildman–Crippen MR) is 99.4 cm³/mol. The minimum Gasteiger partial charge on any atom is -0.356 e. The van der Waals surface area contributed by atoms with Gasteiger partial charge < -0.3 is 10.2 Å². The molecule has 0 saturated carbocycles. The lowest BCUT2D eigenvalue weighted by molar-refractivity contribution is 0.408. The van der Waals surface area contributed by atoms with Crippen LogP contribution in [0.25, 0.3) is 0 Å². The van der Waals surface area contributed by atoms with Crippen molar-refractivity contribution in [1.29, 1.82) is 0 Å². The highest BCUT2D eigenvalue weighted by molar-refractivity contribution is 8.00. The first kappa shape index (κ1) is 17.6. The third-order valence-corrected chi connectivity index (χ3v) is 6.44. The summed E-state index contributed by atoms with van der Waals surface area (Å²) in [4.78, 5) is 12.9. The van der Waals surface area contributed by atoms with Crippen molar-refractivity contribution in [2.45, 2.75) is 45.3 Å². The van der Waals surface area contributed by atoms with Crippen LogP contribution in [0.15, 0.2) is 4.99 Å². The van der Waals surface area contributed by atoms with Crippen LogP contribution in [0, 0.1) is 6.92 Å². The summed E-state index contributed by atoms with van der Waals surface area (Å²) < 4.78 is 0. The quantitative estimate of drug-likeness (QED) is 0.661. The van der Waals surface area contributed by atoms with Gasteiger partial charge in [0.2, 0.25) is 0 Å². The van der Waals surface area contributed by atoms with Gasteiger partial charge in [0.15, 0.2) is 5.96 Å². The van der Waals surface area contributed by atoms with Gasteiger partial charge in [-0.25, -0.2) is 4.98 Å². The van der Waals surface area contributed by atoms with Crippen molar-refractivity contribution in [3.05, 3.63) is 15.6 Å². The zero-order valence-electron chi connectivity index (χ0n) is 14.2. The summed E-state index contributed by atoms with van der Waals surface area (Å²) in [5.41, 5.74) is 1.25. The first-order chi connectivity index (χ1) is 10.7. The Morgan fingerprint density at radius 2 is 2.27 bits per heavy atom. The zero-order chi connectivity index (χ0) is 15.9. The Morgan fingerprint density at radius 3 is 2.91 bits per heavy atom. The molecule has 4 nitrogen and oxygen atoms in total. The molecule has 1 unspecified atom stereocenters. The van der Waals surface area contributed by atoms with E-state index in [9.17, 15) is 0 Å². The van der Waals surface area contributed by atoms with Crippen molar-refractivity contribution >= 4 is 29.1 Å². The molecule has 0 aromatic carbocycles. The molecule has 22 heavy (non-hydrogen) atoms. The summed E-state index contributed by atoms with van der Waals surface area (Å²) in [7, 11) is 1.88. The molecular formula is C16H28N4S2. The molecule has 124 valence electrons. The molecule has 6 heteroatoms. The van der Waals surface area contributed by atoms with E-state index in [1.165, 1.54) is 27.8 Å². The molecule has 1 N–H and O–H groups in total. The van der Waals surface area contributed by atoms with Crippen LogP contribution in [-0.4, -0.2) is 53.5 Å². The van der Waals surface area contributed by atoms with Crippen LogP contribution in [0.2, 0.25) is 0 Å². The van der Waals surface area contributed by atoms with Gasteiger partial charge in [0.1, 0.15) is 0 Å². The Balaban J connectivity index is 1.83. The Kier molecular flexibility index (Phi) is 7.02. The number of aliphatic imine (C=N–C) groups is 1. The third-order valence-electron chi connectivity index (χ3n) is 4.00. The van der Waals surface area contributed by atoms with E-state index >= 15 is 0 Å². The van der Waals surface area contributed by atoms with E-state index in [1.807, 2.05) is 18.4 Å². The SMILES string of the molecule is CCc1nc(CCNC(=NC)N2CCSC(CC)C2)sc1C. The lowest BCUT2D eigenvalue weighted by Gasteiger charge is -2.34. The second kappa shape index (κ2) is 8.77. The standard InChI is InChI=1S/C16H28N4S2/c1-5-13-11-20(9-10-21-13)16(17-4)18-8-7-15-19-14(6-2)12(3)22-15/h13H,5-11H2,1-4H3,(H,17,18). The van der Waals surface area contributed by atoms with Gasteiger partial charge in [0, 0.05) is 49.0 Å². The van der Waals surface area contributed by atoms with Gasteiger partial charge in [-0.3, -0.25) is 4.99 Å². The van der Waals surface area contributed by atoms with Gasteiger partial charge in [-0.05, 0) is 19.8 Å². The summed E-state index contributed by atoms with van der Waals surface area (Å²) in [6, 6.07) is 0. The Labute approximate surface area is 142 Å². The van der Waals surface area contributed by atoms with Gasteiger partial charge in [0.05, 0.1) is 10.7 Å². The summed E-state index contributed by atoms with van der Waals surface area (Å²) >= 11 is 3.92. The molecule has 1 aliphatic heterocycles. The summed E-state index contributed by atoms with van der Waals surface area (Å²) in [5.74, 6) is 2.24. The van der Waals surface area contributed by atoms with Crippen molar-refractivity contribution in [3.63, 3.8) is 0 Å². The number of guanidine groups is 1. The molecule has 1 saturated heterocycles. The second-order valence-electron chi connectivity index (χ2n) is 5.54. The Hall–Kier alpha value is -0.750. The molecule has 1 fully saturated rings. The normalized spacial score (nSPS) is 19.5. The third kappa shape index (κ3) is 4.62. The fourth-order valence-electron chi connectivity index (χ4n) is 2.69. The molecule has 2 rings (SSSR count). The molecule has 2 heterocycles. The van der Waals surface area contributed by atoms with Gasteiger partial charge in [-0.1, -0.05) is 13.8 Å². The van der Waals surface area contributed by atoms with Gasteiger partial charge in [-0.15, -0.1) is 11.3 Å². The van der Waals surface area contributed by atoms with E-state index in [1.54, 1.807) is 0 Å². The highest BCUT2D eigenvalue weighted by Gasteiger charge is 2.21. The van der Waals surface area contributed by atoms with Crippen molar-refractivity contribution in [1.82, 2.24) is 15.2 Å². The molecule has 1 aromatic heterocycles. The van der Waals surface area contributed by atoms with Crippen molar-refractivity contribution in [3.8, 4) is 0 Å². The van der Waals surface area contributed by atoms with E-state index in [0.29, 0.717) is 0 Å². The fourth-order valence-corrected chi connectivity index (χ4v) is 4.90. The average Bonchev–Trinajstić information content (AvgIpc) is 2.91. The van der Waals surface area contributed by atoms with Gasteiger partial charge >= 0.3 is 0 Å². The van der Waals surface area contributed by atoms with E-state index in [2.05, 4.69) is 47.7 Å². The van der Waals surface area contributed by atoms with Crippen LogP contribution < -0.4 is 5.32 Å². The summed E-state index contributed by atoms with van der Waals surface area (Å²) in [6.07, 6.45) is 3.24. The molecule has 0 aliphatic carbocycles. The summed E-state index contributed by atoms with van der Waals surface area (Å²) in [6.45, 7) is 9.72. The maximum atomic E-state index is 4.71. The molecule has 1 aliphatic rings. The monoisotopic (exact) mass is 340 g/mol. The van der Waals surface area contributed by atoms with Crippen LogP contribution >= 0.6 is 23.1 Å². The number of nitrogens with one attached hydrogen (secondary N) is 1. The van der Waals surface area contributed by atoms with Gasteiger partial charge in [0.25, 0.3) is 0 Å². The minimum atomic E-state index is 0.737. The van der Waals surface area contributed by atoms with Gasteiger partial charge in [-0.2, -0.15) is 11.8 Å². The van der Waals surface area contributed by atoms with Crippen molar-refractivity contribution in [2.24, 2.45) is 4.99 Å². The zero-order valence-corrected chi connectivity index (χ0v) is 15.8. The number of nitrogens with zero attached hydrogens (tertiary/aromatic N) is 3. The van der Waals surface area contributed by atoms with Crippen molar-refractivity contribution in [2.75, 3.05) is 32.4 Å². The lowest BCUT2D eigenvalue weighted by Crippen LogP contribution is -2.48. The first-order valence-corrected chi connectivity index (χ1v) is 10.1. The summed E-state index contributed by atoms with van der Waals surface area (Å²) in [5, 5.41) is 5.48. The number of thiazole rings is 1.